The summed E-state index contributed by atoms with van der Waals surface area (Å²) in [7, 11) is 0. The zero-order chi connectivity index (χ0) is 15.0. The Bertz CT molecular complexity index is 616. The maximum atomic E-state index is 3.74. The summed E-state index contributed by atoms with van der Waals surface area (Å²) in [6.07, 6.45) is 2.46. The molecular weight excluding hydrogens is 322 g/mol. The quantitative estimate of drug-likeness (QED) is 0.749. The first-order chi connectivity index (χ1) is 10.0. The number of nitrogens with one attached hydrogen (secondary N) is 1. The molecule has 21 heavy (non-hydrogen) atoms. The van der Waals surface area contributed by atoms with Crippen molar-refractivity contribution in [1.29, 1.82) is 0 Å². The van der Waals surface area contributed by atoms with Crippen LogP contribution in [0.1, 0.15) is 41.0 Å². The lowest BCUT2D eigenvalue weighted by atomic mass is 9.75. The number of aryl methyl sites for hydroxylation is 3. The van der Waals surface area contributed by atoms with E-state index in [4.69, 9.17) is 0 Å². The number of anilines is 1. The summed E-state index contributed by atoms with van der Waals surface area (Å²) in [4.78, 5) is 0. The van der Waals surface area contributed by atoms with Crippen molar-refractivity contribution in [2.24, 2.45) is 0 Å². The Morgan fingerprint density at radius 1 is 0.952 bits per heavy atom. The third kappa shape index (κ3) is 3.16. The van der Waals surface area contributed by atoms with Crippen LogP contribution in [-0.4, -0.2) is 6.04 Å². The third-order valence-electron chi connectivity index (χ3n) is 4.50. The SMILES string of the molecule is Cc1cc(C)c(NC2CC(c3ccc(Br)cc3)C2)c(C)c1. The number of hydrogen-bond donors (Lipinski definition) is 1. The minimum absolute atomic E-state index is 0.610. The van der Waals surface area contributed by atoms with Crippen molar-refractivity contribution < 1.29 is 0 Å². The van der Waals surface area contributed by atoms with Gasteiger partial charge in [-0.05, 0) is 68.4 Å². The maximum Gasteiger partial charge on any atom is 0.0401 e. The van der Waals surface area contributed by atoms with Crippen molar-refractivity contribution in [3.05, 3.63) is 63.1 Å². The van der Waals surface area contributed by atoms with Crippen molar-refractivity contribution in [1.82, 2.24) is 0 Å². The van der Waals surface area contributed by atoms with Crippen LogP contribution >= 0.6 is 15.9 Å². The summed E-state index contributed by atoms with van der Waals surface area (Å²) in [5.74, 6) is 0.710. The van der Waals surface area contributed by atoms with Gasteiger partial charge in [0.2, 0.25) is 0 Å². The second kappa shape index (κ2) is 5.84. The highest BCUT2D eigenvalue weighted by molar-refractivity contribution is 9.10. The molecule has 1 aliphatic rings. The van der Waals surface area contributed by atoms with Crippen molar-refractivity contribution in [2.75, 3.05) is 5.32 Å². The third-order valence-corrected chi connectivity index (χ3v) is 5.03. The first-order valence-electron chi connectivity index (χ1n) is 7.63. The van der Waals surface area contributed by atoms with E-state index in [2.05, 4.69) is 78.4 Å². The highest BCUT2D eigenvalue weighted by Gasteiger charge is 2.30. The van der Waals surface area contributed by atoms with E-state index in [9.17, 15) is 0 Å². The van der Waals surface area contributed by atoms with Gasteiger partial charge >= 0.3 is 0 Å². The first-order valence-corrected chi connectivity index (χ1v) is 8.42. The van der Waals surface area contributed by atoms with Gasteiger partial charge in [-0.15, -0.1) is 0 Å². The number of halogens is 1. The highest BCUT2D eigenvalue weighted by Crippen LogP contribution is 2.39. The van der Waals surface area contributed by atoms with E-state index in [1.165, 1.54) is 40.8 Å². The lowest BCUT2D eigenvalue weighted by Crippen LogP contribution is -2.34. The summed E-state index contributed by atoms with van der Waals surface area (Å²) in [5.41, 5.74) is 6.87. The first kappa shape index (κ1) is 14.6. The Morgan fingerprint density at radius 3 is 2.10 bits per heavy atom. The molecule has 1 fully saturated rings. The van der Waals surface area contributed by atoms with Crippen LogP contribution in [-0.2, 0) is 0 Å². The van der Waals surface area contributed by atoms with Crippen LogP contribution in [0.3, 0.4) is 0 Å². The molecule has 0 heterocycles. The van der Waals surface area contributed by atoms with Crippen LogP contribution in [0.4, 0.5) is 5.69 Å². The summed E-state index contributed by atoms with van der Waals surface area (Å²) in [6.45, 7) is 6.57. The minimum atomic E-state index is 0.610. The van der Waals surface area contributed by atoms with Crippen LogP contribution in [0.15, 0.2) is 40.9 Å². The van der Waals surface area contributed by atoms with E-state index in [0.717, 1.165) is 4.47 Å². The number of benzene rings is 2. The molecule has 1 N–H and O–H groups in total. The van der Waals surface area contributed by atoms with Gasteiger partial charge in [-0.3, -0.25) is 0 Å². The fourth-order valence-electron chi connectivity index (χ4n) is 3.35. The predicted molar refractivity (Wildman–Crippen MR) is 94.2 cm³/mol. The molecule has 0 radical (unpaired) electrons. The maximum absolute atomic E-state index is 3.74. The van der Waals surface area contributed by atoms with E-state index in [0.29, 0.717) is 12.0 Å². The average Bonchev–Trinajstić information content (AvgIpc) is 2.37. The van der Waals surface area contributed by atoms with E-state index < -0.39 is 0 Å². The summed E-state index contributed by atoms with van der Waals surface area (Å²) >= 11 is 3.50. The van der Waals surface area contributed by atoms with Gasteiger partial charge in [0.25, 0.3) is 0 Å². The molecular formula is C19H22BrN. The predicted octanol–water partition coefficient (Wildman–Crippen LogP) is 5.73. The normalized spacial score (nSPS) is 21.0. The summed E-state index contributed by atoms with van der Waals surface area (Å²) in [5, 5.41) is 3.74. The standard InChI is InChI=1S/C19H22BrN/c1-12-8-13(2)19(14(3)9-12)21-18-10-16(11-18)15-4-6-17(20)7-5-15/h4-9,16,18,21H,10-11H2,1-3H3. The molecule has 1 nitrogen and oxygen atoms in total. The Balaban J connectivity index is 1.64. The van der Waals surface area contributed by atoms with E-state index in [1.54, 1.807) is 0 Å². The molecule has 1 aliphatic carbocycles. The van der Waals surface area contributed by atoms with Gasteiger partial charge in [-0.25, -0.2) is 0 Å². The molecule has 0 atom stereocenters. The van der Waals surface area contributed by atoms with Gasteiger partial charge in [0, 0.05) is 16.2 Å². The van der Waals surface area contributed by atoms with Crippen LogP contribution in [0.2, 0.25) is 0 Å². The average molecular weight is 344 g/mol. The molecule has 0 amide bonds. The highest BCUT2D eigenvalue weighted by atomic mass is 79.9. The van der Waals surface area contributed by atoms with Gasteiger partial charge in [0.15, 0.2) is 0 Å². The Hall–Kier alpha value is -1.28. The molecule has 110 valence electrons. The van der Waals surface area contributed by atoms with Crippen molar-refractivity contribution in [2.45, 2.75) is 45.6 Å². The molecule has 0 aromatic heterocycles. The number of rotatable bonds is 3. The zero-order valence-corrected chi connectivity index (χ0v) is 14.5. The topological polar surface area (TPSA) is 12.0 Å². The molecule has 0 spiro atoms. The second-order valence-electron chi connectivity index (χ2n) is 6.33. The molecule has 3 rings (SSSR count). The monoisotopic (exact) mass is 343 g/mol. The molecule has 0 saturated heterocycles. The summed E-state index contributed by atoms with van der Waals surface area (Å²) < 4.78 is 1.16. The lowest BCUT2D eigenvalue weighted by molar-refractivity contribution is 0.374. The van der Waals surface area contributed by atoms with Crippen molar-refractivity contribution in [3.63, 3.8) is 0 Å². The van der Waals surface area contributed by atoms with E-state index in [-0.39, 0.29) is 0 Å². The van der Waals surface area contributed by atoms with Gasteiger partial charge in [0.05, 0.1) is 0 Å². The van der Waals surface area contributed by atoms with Crippen molar-refractivity contribution in [3.8, 4) is 0 Å². The molecule has 0 bridgehead atoms. The molecule has 0 aliphatic heterocycles. The van der Waals surface area contributed by atoms with Crippen molar-refractivity contribution >= 4 is 21.6 Å². The molecule has 2 aromatic rings. The van der Waals surface area contributed by atoms with Gasteiger partial charge < -0.3 is 5.32 Å². The van der Waals surface area contributed by atoms with Gasteiger partial charge in [0.1, 0.15) is 0 Å². The smallest absolute Gasteiger partial charge is 0.0401 e. The Morgan fingerprint density at radius 2 is 1.52 bits per heavy atom. The van der Waals surface area contributed by atoms with Crippen LogP contribution in [0, 0.1) is 20.8 Å². The lowest BCUT2D eigenvalue weighted by Gasteiger charge is -2.37. The zero-order valence-electron chi connectivity index (χ0n) is 12.9. The molecule has 0 unspecified atom stereocenters. The second-order valence-corrected chi connectivity index (χ2v) is 7.25. The fourth-order valence-corrected chi connectivity index (χ4v) is 3.62. The molecule has 1 saturated carbocycles. The van der Waals surface area contributed by atoms with Gasteiger partial charge in [-0.2, -0.15) is 0 Å². The van der Waals surface area contributed by atoms with Crippen LogP contribution < -0.4 is 5.32 Å². The van der Waals surface area contributed by atoms with Gasteiger partial charge in [-0.1, -0.05) is 45.8 Å². The summed E-state index contributed by atoms with van der Waals surface area (Å²) in [6, 6.07) is 13.9. The van der Waals surface area contributed by atoms with E-state index >= 15 is 0 Å². The number of hydrogen-bond acceptors (Lipinski definition) is 1. The Labute approximate surface area is 135 Å². The largest absolute Gasteiger partial charge is 0.382 e. The van der Waals surface area contributed by atoms with Crippen LogP contribution in [0.5, 0.6) is 0 Å². The van der Waals surface area contributed by atoms with Crippen LogP contribution in [0.25, 0.3) is 0 Å². The molecule has 2 heteroatoms. The fraction of sp³-hybridized carbons (Fsp3) is 0.368. The molecule has 2 aromatic carbocycles. The van der Waals surface area contributed by atoms with E-state index in [1.807, 2.05) is 0 Å². The minimum Gasteiger partial charge on any atom is -0.382 e. The Kier molecular flexibility index (Phi) is 4.08.